The summed E-state index contributed by atoms with van der Waals surface area (Å²) in [6.45, 7) is 4.10. The average Bonchev–Trinajstić information content (AvgIpc) is 3.30. The van der Waals surface area contributed by atoms with Crippen LogP contribution in [0.4, 0.5) is 0 Å². The number of amides is 1. The molecule has 5 N–H and O–H groups in total. The summed E-state index contributed by atoms with van der Waals surface area (Å²) in [6.07, 6.45) is 61.8. The summed E-state index contributed by atoms with van der Waals surface area (Å²) >= 11 is 0. The third-order valence-electron chi connectivity index (χ3n) is 14.3. The first-order chi connectivity index (χ1) is 31.5. The van der Waals surface area contributed by atoms with E-state index in [0.29, 0.717) is 12.8 Å². The van der Waals surface area contributed by atoms with Gasteiger partial charge in [-0.3, -0.25) is 4.79 Å². The number of hydrogen-bond donors (Lipinski definition) is 5. The zero-order valence-electron chi connectivity index (χ0n) is 43.6. The molecule has 0 aromatic carbocycles. The SMILES string of the molecule is CCCCCCCCCCCCCCCCCCCCCCCCCCCCCC(O)C(O)C(CO)NC(=O)C(O)CCCCCCCCCCCCCCCCCCCCCCC. The van der Waals surface area contributed by atoms with E-state index in [1.165, 1.54) is 270 Å². The highest BCUT2D eigenvalue weighted by molar-refractivity contribution is 5.80. The Morgan fingerprint density at radius 1 is 0.328 bits per heavy atom. The number of hydrogen-bond acceptors (Lipinski definition) is 5. The number of aliphatic hydroxyl groups excluding tert-OH is 4. The van der Waals surface area contributed by atoms with Crippen LogP contribution in [0.3, 0.4) is 0 Å². The van der Waals surface area contributed by atoms with Gasteiger partial charge in [0.05, 0.1) is 18.8 Å². The van der Waals surface area contributed by atoms with Gasteiger partial charge in [-0.15, -0.1) is 0 Å². The molecule has 1 amide bonds. The van der Waals surface area contributed by atoms with Crippen LogP contribution in [0.25, 0.3) is 0 Å². The van der Waals surface area contributed by atoms with E-state index in [-0.39, 0.29) is 0 Å². The monoisotopic (exact) mass is 908 g/mol. The molecule has 0 fully saturated rings. The van der Waals surface area contributed by atoms with Gasteiger partial charge in [-0.05, 0) is 12.8 Å². The molecule has 0 aliphatic carbocycles. The minimum absolute atomic E-state index is 0.376. The summed E-state index contributed by atoms with van der Waals surface area (Å²) in [6, 6.07) is -0.981. The molecule has 6 heteroatoms. The first kappa shape index (κ1) is 63.3. The molecule has 0 heterocycles. The van der Waals surface area contributed by atoms with Crippen molar-refractivity contribution in [1.29, 1.82) is 0 Å². The summed E-state index contributed by atoms with van der Waals surface area (Å²) in [5.41, 5.74) is 0. The summed E-state index contributed by atoms with van der Waals surface area (Å²) in [7, 11) is 0. The lowest BCUT2D eigenvalue weighted by Gasteiger charge is -2.27. The number of nitrogens with one attached hydrogen (secondary N) is 1. The van der Waals surface area contributed by atoms with Crippen LogP contribution in [0.5, 0.6) is 0 Å². The van der Waals surface area contributed by atoms with Gasteiger partial charge in [0.15, 0.2) is 0 Å². The number of carbonyl (C=O) groups is 1. The highest BCUT2D eigenvalue weighted by Gasteiger charge is 2.28. The quantitative estimate of drug-likeness (QED) is 0.0391. The molecular formula is C58H117NO5. The Bertz CT molecular complexity index is 887. The maximum Gasteiger partial charge on any atom is 0.249 e. The van der Waals surface area contributed by atoms with E-state index in [1.807, 2.05) is 0 Å². The molecule has 0 saturated carbocycles. The molecule has 0 bridgehead atoms. The highest BCUT2D eigenvalue weighted by Crippen LogP contribution is 2.19. The molecule has 6 nitrogen and oxygen atoms in total. The minimum Gasteiger partial charge on any atom is -0.394 e. The van der Waals surface area contributed by atoms with Crippen LogP contribution in [-0.2, 0) is 4.79 Å². The summed E-state index contributed by atoms with van der Waals surface area (Å²) in [5.74, 6) is -0.575. The van der Waals surface area contributed by atoms with E-state index in [4.69, 9.17) is 0 Å². The van der Waals surface area contributed by atoms with E-state index in [0.717, 1.165) is 38.5 Å². The zero-order chi connectivity index (χ0) is 46.7. The molecule has 4 atom stereocenters. The highest BCUT2D eigenvalue weighted by atomic mass is 16.3. The number of carbonyl (C=O) groups excluding carboxylic acids is 1. The van der Waals surface area contributed by atoms with Crippen LogP contribution in [0, 0.1) is 0 Å². The minimum atomic E-state index is -1.25. The summed E-state index contributed by atoms with van der Waals surface area (Å²) in [4.78, 5) is 12.6. The molecule has 4 unspecified atom stereocenters. The zero-order valence-corrected chi connectivity index (χ0v) is 43.6. The lowest BCUT2D eigenvalue weighted by molar-refractivity contribution is -0.132. The van der Waals surface area contributed by atoms with Crippen molar-refractivity contribution in [2.75, 3.05) is 6.61 Å². The second-order valence-corrected chi connectivity index (χ2v) is 20.7. The molecule has 0 aliphatic heterocycles. The normalized spacial score (nSPS) is 13.7. The lowest BCUT2D eigenvalue weighted by atomic mass is 9.99. The third kappa shape index (κ3) is 46.4. The molecule has 0 radical (unpaired) electrons. The second-order valence-electron chi connectivity index (χ2n) is 20.7. The van der Waals surface area contributed by atoms with E-state index in [1.54, 1.807) is 0 Å². The molecular weight excluding hydrogens is 791 g/mol. The van der Waals surface area contributed by atoms with Crippen LogP contribution in [0.1, 0.15) is 335 Å². The fraction of sp³-hybridized carbons (Fsp3) is 0.983. The standard InChI is InChI=1S/C58H117NO5/c1-3-5-7-9-11-13-15-17-19-21-23-25-26-27-28-29-30-32-33-35-37-39-41-43-45-47-49-51-55(61)57(63)54(53-60)59-58(64)56(62)52-50-48-46-44-42-40-38-36-34-31-24-22-20-18-16-14-12-10-8-6-4-2/h54-57,60-63H,3-53H2,1-2H3,(H,59,64). The van der Waals surface area contributed by atoms with Crippen molar-refractivity contribution in [3.63, 3.8) is 0 Å². The molecule has 0 aromatic heterocycles. The maximum atomic E-state index is 12.6. The molecule has 0 aliphatic rings. The van der Waals surface area contributed by atoms with Crippen molar-refractivity contribution in [2.24, 2.45) is 0 Å². The Labute approximate surface area is 400 Å². The van der Waals surface area contributed by atoms with Crippen molar-refractivity contribution < 1.29 is 25.2 Å². The number of rotatable bonds is 55. The van der Waals surface area contributed by atoms with E-state index in [2.05, 4.69) is 19.2 Å². The predicted octanol–water partition coefficient (Wildman–Crippen LogP) is 17.1. The van der Waals surface area contributed by atoms with Crippen LogP contribution in [0.15, 0.2) is 0 Å². The lowest BCUT2D eigenvalue weighted by Crippen LogP contribution is -2.53. The van der Waals surface area contributed by atoms with Crippen molar-refractivity contribution in [2.45, 2.75) is 359 Å². The third-order valence-corrected chi connectivity index (χ3v) is 14.3. The Balaban J connectivity index is 3.56. The van der Waals surface area contributed by atoms with Gasteiger partial charge in [0.25, 0.3) is 0 Å². The van der Waals surface area contributed by atoms with Crippen LogP contribution < -0.4 is 5.32 Å². The average molecular weight is 909 g/mol. The molecule has 0 saturated heterocycles. The Kier molecular flexibility index (Phi) is 52.7. The van der Waals surface area contributed by atoms with Gasteiger partial charge < -0.3 is 25.7 Å². The van der Waals surface area contributed by atoms with Gasteiger partial charge in [-0.1, -0.05) is 322 Å². The number of aliphatic hydroxyl groups is 4. The van der Waals surface area contributed by atoms with Gasteiger partial charge in [0, 0.05) is 0 Å². The Hall–Kier alpha value is -0.690. The summed E-state index contributed by atoms with van der Waals surface area (Å²) < 4.78 is 0. The van der Waals surface area contributed by atoms with Crippen molar-refractivity contribution >= 4 is 5.91 Å². The van der Waals surface area contributed by atoms with Gasteiger partial charge in [0.2, 0.25) is 5.91 Å². The van der Waals surface area contributed by atoms with E-state index in [9.17, 15) is 25.2 Å². The fourth-order valence-corrected chi connectivity index (χ4v) is 9.70. The first-order valence-electron chi connectivity index (χ1n) is 29.4. The van der Waals surface area contributed by atoms with Gasteiger partial charge in [-0.2, -0.15) is 0 Å². The Morgan fingerprint density at radius 3 is 0.750 bits per heavy atom. The van der Waals surface area contributed by atoms with Crippen LogP contribution in [0.2, 0.25) is 0 Å². The van der Waals surface area contributed by atoms with Crippen LogP contribution >= 0.6 is 0 Å². The number of unbranched alkanes of at least 4 members (excludes halogenated alkanes) is 46. The second kappa shape index (κ2) is 53.3. The van der Waals surface area contributed by atoms with E-state index >= 15 is 0 Å². The first-order valence-corrected chi connectivity index (χ1v) is 29.4. The smallest absolute Gasteiger partial charge is 0.249 e. The van der Waals surface area contributed by atoms with Crippen molar-refractivity contribution in [1.82, 2.24) is 5.32 Å². The molecule has 0 rings (SSSR count). The van der Waals surface area contributed by atoms with Crippen LogP contribution in [-0.4, -0.2) is 57.3 Å². The fourth-order valence-electron chi connectivity index (χ4n) is 9.70. The topological polar surface area (TPSA) is 110 Å². The van der Waals surface area contributed by atoms with Gasteiger partial charge in [0.1, 0.15) is 12.2 Å². The molecule has 0 aromatic rings. The molecule has 0 spiro atoms. The molecule has 64 heavy (non-hydrogen) atoms. The van der Waals surface area contributed by atoms with Crippen molar-refractivity contribution in [3.05, 3.63) is 0 Å². The maximum absolute atomic E-state index is 12.6. The molecule has 384 valence electrons. The summed E-state index contributed by atoms with van der Waals surface area (Å²) in [5, 5.41) is 44.1. The largest absolute Gasteiger partial charge is 0.394 e. The van der Waals surface area contributed by atoms with E-state index < -0.39 is 36.9 Å². The van der Waals surface area contributed by atoms with Crippen molar-refractivity contribution in [3.8, 4) is 0 Å². The van der Waals surface area contributed by atoms with Gasteiger partial charge in [-0.25, -0.2) is 0 Å². The Morgan fingerprint density at radius 2 is 0.531 bits per heavy atom. The van der Waals surface area contributed by atoms with Gasteiger partial charge >= 0.3 is 0 Å². The predicted molar refractivity (Wildman–Crippen MR) is 279 cm³/mol.